The quantitative estimate of drug-likeness (QED) is 0.332. The Labute approximate surface area is 209 Å². The Hall–Kier alpha value is -2.64. The third-order valence-corrected chi connectivity index (χ3v) is 7.46. The van der Waals surface area contributed by atoms with Crippen LogP contribution in [0.5, 0.6) is 0 Å². The first kappa shape index (κ1) is 26.0. The first-order chi connectivity index (χ1) is 16.1. The minimum atomic E-state index is -0.382. The second kappa shape index (κ2) is 10.7. The van der Waals surface area contributed by atoms with Gasteiger partial charge in [0.2, 0.25) is 0 Å². The second-order valence-corrected chi connectivity index (χ2v) is 10.6. The number of thioether (sulfide) groups is 1. The number of nitriles is 1. The summed E-state index contributed by atoms with van der Waals surface area (Å²) in [6.45, 7) is 9.56. The summed E-state index contributed by atoms with van der Waals surface area (Å²) in [7, 11) is 1.64. The first-order valence-electron chi connectivity index (χ1n) is 11.4. The molecule has 10 heteroatoms. The molecule has 3 rings (SSSR count). The summed E-state index contributed by atoms with van der Waals surface area (Å²) in [5.41, 5.74) is 0.851. The number of piperidine rings is 1. The average Bonchev–Trinajstić information content (AvgIpc) is 3.05. The lowest BCUT2D eigenvalue weighted by molar-refractivity contribution is -0.148. The van der Waals surface area contributed by atoms with Crippen molar-refractivity contribution < 1.29 is 14.3 Å². The number of anilines is 1. The van der Waals surface area contributed by atoms with E-state index in [2.05, 4.69) is 0 Å². The van der Waals surface area contributed by atoms with Crippen LogP contribution in [0.1, 0.15) is 50.3 Å². The van der Waals surface area contributed by atoms with Gasteiger partial charge in [-0.15, -0.1) is 0 Å². The molecule has 0 N–H and O–H groups in total. The summed E-state index contributed by atoms with van der Waals surface area (Å²) in [5, 5.41) is 9.64. The van der Waals surface area contributed by atoms with Gasteiger partial charge in [-0.25, -0.2) is 0 Å². The zero-order valence-electron chi connectivity index (χ0n) is 20.2. The van der Waals surface area contributed by atoms with Crippen LogP contribution < -0.4 is 10.5 Å². The van der Waals surface area contributed by atoms with Gasteiger partial charge in [0.25, 0.3) is 11.5 Å². The zero-order chi connectivity index (χ0) is 25.2. The van der Waals surface area contributed by atoms with E-state index in [0.29, 0.717) is 65.3 Å². The molecule has 2 aliphatic rings. The summed E-state index contributed by atoms with van der Waals surface area (Å²) < 4.78 is 7.14. The topological polar surface area (TPSA) is 95.6 Å². The highest BCUT2D eigenvalue weighted by Crippen LogP contribution is 2.36. The Morgan fingerprint density at radius 1 is 1.32 bits per heavy atom. The number of hydrogen-bond acceptors (Lipinski definition) is 8. The van der Waals surface area contributed by atoms with Crippen molar-refractivity contribution in [3.8, 4) is 6.07 Å². The normalized spacial score (nSPS) is 18.2. The maximum atomic E-state index is 13.1. The number of esters is 1. The molecule has 2 fully saturated rings. The number of nitrogens with zero attached hydrogens (tertiary/aromatic N) is 4. The lowest BCUT2D eigenvalue weighted by Gasteiger charge is -2.35. The number of amides is 1. The van der Waals surface area contributed by atoms with E-state index in [-0.39, 0.29) is 34.8 Å². The maximum Gasteiger partial charge on any atom is 0.309 e. The maximum absolute atomic E-state index is 13.1. The molecule has 1 aromatic heterocycles. The van der Waals surface area contributed by atoms with Crippen LogP contribution in [0.3, 0.4) is 0 Å². The number of pyridine rings is 1. The molecule has 0 saturated carbocycles. The molecule has 0 unspecified atom stereocenters. The largest absolute Gasteiger partial charge is 0.466 e. The lowest BCUT2D eigenvalue weighted by atomic mass is 9.95. The molecule has 0 radical (unpaired) electrons. The van der Waals surface area contributed by atoms with Crippen molar-refractivity contribution in [1.29, 1.82) is 5.26 Å². The highest BCUT2D eigenvalue weighted by molar-refractivity contribution is 8.26. The highest BCUT2D eigenvalue weighted by atomic mass is 32.2. The molecular formula is C24H30N4O4S2. The van der Waals surface area contributed by atoms with Crippen molar-refractivity contribution in [3.05, 3.63) is 31.9 Å². The van der Waals surface area contributed by atoms with Gasteiger partial charge in [-0.2, -0.15) is 5.26 Å². The SMILES string of the molecule is CCOC(=O)C1CCN(c2c(/C=C3\SC(=S)N(CC(C)C)C3=O)c(C)c(C#N)c(=O)n2C)CC1. The van der Waals surface area contributed by atoms with E-state index < -0.39 is 0 Å². The summed E-state index contributed by atoms with van der Waals surface area (Å²) in [6.07, 6.45) is 2.95. The molecule has 0 atom stereocenters. The molecule has 3 heterocycles. The van der Waals surface area contributed by atoms with Crippen LogP contribution >= 0.6 is 24.0 Å². The highest BCUT2D eigenvalue weighted by Gasteiger charge is 2.34. The summed E-state index contributed by atoms with van der Waals surface area (Å²) in [6, 6.07) is 2.02. The molecule has 1 amide bonds. The predicted molar refractivity (Wildman–Crippen MR) is 137 cm³/mol. The molecule has 0 spiro atoms. The van der Waals surface area contributed by atoms with Crippen molar-refractivity contribution >= 4 is 52.1 Å². The third kappa shape index (κ3) is 5.05. The molecule has 0 bridgehead atoms. The van der Waals surface area contributed by atoms with Crippen molar-refractivity contribution in [2.45, 2.75) is 40.5 Å². The van der Waals surface area contributed by atoms with Gasteiger partial charge in [-0.1, -0.05) is 37.8 Å². The molecule has 8 nitrogen and oxygen atoms in total. The Kier molecular flexibility index (Phi) is 8.21. The van der Waals surface area contributed by atoms with Gasteiger partial charge < -0.3 is 9.64 Å². The zero-order valence-corrected chi connectivity index (χ0v) is 21.8. The van der Waals surface area contributed by atoms with Crippen LogP contribution in [-0.4, -0.2) is 51.9 Å². The monoisotopic (exact) mass is 502 g/mol. The van der Waals surface area contributed by atoms with Crippen molar-refractivity contribution in [1.82, 2.24) is 9.47 Å². The smallest absolute Gasteiger partial charge is 0.309 e. The van der Waals surface area contributed by atoms with Crippen LogP contribution in [0.4, 0.5) is 5.82 Å². The fourth-order valence-electron chi connectivity index (χ4n) is 4.34. The van der Waals surface area contributed by atoms with Gasteiger partial charge in [-0.05, 0) is 44.2 Å². The first-order valence-corrected chi connectivity index (χ1v) is 12.6. The van der Waals surface area contributed by atoms with Crippen LogP contribution in [0.2, 0.25) is 0 Å². The number of aromatic nitrogens is 1. The summed E-state index contributed by atoms with van der Waals surface area (Å²) in [4.78, 5) is 42.3. The number of thiocarbonyl (C=S) groups is 1. The van der Waals surface area contributed by atoms with E-state index in [1.807, 2.05) is 24.8 Å². The predicted octanol–water partition coefficient (Wildman–Crippen LogP) is 3.20. The molecule has 2 saturated heterocycles. The van der Waals surface area contributed by atoms with Crippen molar-refractivity contribution in [2.75, 3.05) is 31.1 Å². The average molecular weight is 503 g/mol. The van der Waals surface area contributed by atoms with E-state index in [1.54, 1.807) is 31.9 Å². The Bertz CT molecular complexity index is 1140. The third-order valence-electron chi connectivity index (χ3n) is 6.08. The fraction of sp³-hybridized carbons (Fsp3) is 0.542. The molecule has 0 aromatic carbocycles. The van der Waals surface area contributed by atoms with E-state index >= 15 is 0 Å². The lowest BCUT2D eigenvalue weighted by Crippen LogP contribution is -2.40. The standard InChI is InChI=1S/C24H30N4O4S2/c1-6-32-23(31)16-7-9-27(10-8-16)20-17(15(4)18(12-25)21(29)26(20)5)11-19-22(30)28(13-14(2)3)24(33)34-19/h11,14,16H,6-10,13H2,1-5H3/b19-11-. The second-order valence-electron chi connectivity index (χ2n) is 8.91. The number of ether oxygens (including phenoxy) is 1. The van der Waals surface area contributed by atoms with Gasteiger partial charge in [0.05, 0.1) is 17.4 Å². The Morgan fingerprint density at radius 2 is 1.97 bits per heavy atom. The van der Waals surface area contributed by atoms with Gasteiger partial charge in [0.15, 0.2) is 0 Å². The van der Waals surface area contributed by atoms with Crippen LogP contribution in [-0.2, 0) is 21.4 Å². The molecular weight excluding hydrogens is 472 g/mol. The molecule has 1 aromatic rings. The Morgan fingerprint density at radius 3 is 2.53 bits per heavy atom. The molecule has 34 heavy (non-hydrogen) atoms. The minimum absolute atomic E-state index is 0.0524. The van der Waals surface area contributed by atoms with E-state index in [4.69, 9.17) is 17.0 Å². The van der Waals surface area contributed by atoms with Gasteiger partial charge in [-0.3, -0.25) is 23.9 Å². The van der Waals surface area contributed by atoms with Crippen molar-refractivity contribution in [2.24, 2.45) is 18.9 Å². The van der Waals surface area contributed by atoms with Crippen molar-refractivity contribution in [3.63, 3.8) is 0 Å². The number of hydrogen-bond donors (Lipinski definition) is 0. The van der Waals surface area contributed by atoms with Crippen LogP contribution in [0.15, 0.2) is 9.70 Å². The fourth-order valence-corrected chi connectivity index (χ4v) is 5.59. The van der Waals surface area contributed by atoms with E-state index in [0.717, 1.165) is 0 Å². The summed E-state index contributed by atoms with van der Waals surface area (Å²) >= 11 is 6.67. The molecule has 2 aliphatic heterocycles. The number of carbonyl (C=O) groups excluding carboxylic acids is 2. The number of carbonyl (C=O) groups is 2. The number of rotatable bonds is 6. The van der Waals surface area contributed by atoms with Crippen LogP contribution in [0, 0.1) is 30.1 Å². The summed E-state index contributed by atoms with van der Waals surface area (Å²) in [5.74, 6) is 0.368. The molecule has 182 valence electrons. The van der Waals surface area contributed by atoms with Crippen LogP contribution in [0.25, 0.3) is 6.08 Å². The van der Waals surface area contributed by atoms with E-state index in [9.17, 15) is 19.6 Å². The van der Waals surface area contributed by atoms with E-state index in [1.165, 1.54) is 16.3 Å². The Balaban J connectivity index is 2.04. The van der Waals surface area contributed by atoms with Gasteiger partial charge in [0.1, 0.15) is 21.8 Å². The molecule has 0 aliphatic carbocycles. The minimum Gasteiger partial charge on any atom is -0.466 e. The van der Waals surface area contributed by atoms with Gasteiger partial charge >= 0.3 is 5.97 Å². The van der Waals surface area contributed by atoms with Gasteiger partial charge in [0, 0.05) is 32.2 Å².